The molecule has 98 valence electrons. The first-order chi connectivity index (χ1) is 8.97. The van der Waals surface area contributed by atoms with Crippen LogP contribution in [0.3, 0.4) is 0 Å². The van der Waals surface area contributed by atoms with E-state index in [1.165, 1.54) is 6.20 Å². The number of pyridine rings is 1. The van der Waals surface area contributed by atoms with Gasteiger partial charge >= 0.3 is 0 Å². The Bertz CT molecular complexity index is 641. The number of nitrogens with one attached hydrogen (secondary N) is 1. The van der Waals surface area contributed by atoms with Crippen LogP contribution in [0.15, 0.2) is 30.5 Å². The van der Waals surface area contributed by atoms with E-state index < -0.39 is 0 Å². The Labute approximate surface area is 121 Å². The second kappa shape index (κ2) is 5.59. The summed E-state index contributed by atoms with van der Waals surface area (Å²) in [6, 6.07) is 7.06. The molecule has 0 unspecified atom stereocenters. The van der Waals surface area contributed by atoms with Crippen LogP contribution < -0.4 is 5.32 Å². The van der Waals surface area contributed by atoms with Gasteiger partial charge in [-0.05, 0) is 37.6 Å². The molecule has 0 aliphatic rings. The molecule has 1 aromatic carbocycles. The van der Waals surface area contributed by atoms with E-state index in [1.807, 2.05) is 19.9 Å². The van der Waals surface area contributed by atoms with Gasteiger partial charge in [0.15, 0.2) is 0 Å². The Hall–Kier alpha value is -1.58. The predicted octanol–water partition coefficient (Wildman–Crippen LogP) is 4.26. The normalized spacial score (nSPS) is 10.3. The number of rotatable bonds is 2. The molecular weight excluding hydrogens is 283 g/mol. The van der Waals surface area contributed by atoms with Crippen molar-refractivity contribution in [3.63, 3.8) is 0 Å². The Balaban J connectivity index is 2.28. The van der Waals surface area contributed by atoms with E-state index in [9.17, 15) is 4.79 Å². The molecule has 0 fully saturated rings. The molecule has 0 saturated carbocycles. The molecule has 2 aromatic rings. The summed E-state index contributed by atoms with van der Waals surface area (Å²) in [6.45, 7) is 3.73. The first-order valence-corrected chi connectivity index (χ1v) is 6.42. The number of anilines is 1. The van der Waals surface area contributed by atoms with Gasteiger partial charge in [0, 0.05) is 11.9 Å². The number of nitrogens with zero attached hydrogens (tertiary/aromatic N) is 1. The lowest BCUT2D eigenvalue weighted by molar-refractivity contribution is 0.102. The number of halogens is 2. The fraction of sp³-hybridized carbons (Fsp3) is 0.143. The number of carbonyl (C=O) groups is 1. The van der Waals surface area contributed by atoms with Crippen molar-refractivity contribution in [1.82, 2.24) is 4.98 Å². The summed E-state index contributed by atoms with van der Waals surface area (Å²) in [5.74, 6) is -0.329. The van der Waals surface area contributed by atoms with Crippen LogP contribution in [0.4, 0.5) is 5.69 Å². The van der Waals surface area contributed by atoms with E-state index >= 15 is 0 Å². The largest absolute Gasteiger partial charge is 0.321 e. The van der Waals surface area contributed by atoms with Crippen molar-refractivity contribution in [3.05, 3.63) is 57.3 Å². The minimum absolute atomic E-state index is 0.324. The molecule has 0 aliphatic heterocycles. The van der Waals surface area contributed by atoms with Crippen LogP contribution in [0.1, 0.15) is 21.6 Å². The predicted molar refractivity (Wildman–Crippen MR) is 78.1 cm³/mol. The number of amides is 1. The highest BCUT2D eigenvalue weighted by Gasteiger charge is 2.13. The van der Waals surface area contributed by atoms with Crippen LogP contribution in [-0.2, 0) is 0 Å². The number of benzene rings is 1. The topological polar surface area (TPSA) is 42.0 Å². The van der Waals surface area contributed by atoms with Crippen LogP contribution in [0.2, 0.25) is 10.0 Å². The van der Waals surface area contributed by atoms with Crippen molar-refractivity contribution in [2.45, 2.75) is 13.8 Å². The lowest BCUT2D eigenvalue weighted by Gasteiger charge is -2.09. The maximum absolute atomic E-state index is 12.1. The number of aromatic nitrogens is 1. The standard InChI is InChI=1S/C14H12Cl2N2O/c1-8-3-4-11(15)13(5-8)18-14(19)10-7-17-9(2)6-12(10)16/h3-7H,1-2H3,(H,18,19). The summed E-state index contributed by atoms with van der Waals surface area (Å²) < 4.78 is 0. The Morgan fingerprint density at radius 3 is 2.58 bits per heavy atom. The summed E-state index contributed by atoms with van der Waals surface area (Å²) in [5, 5.41) is 3.58. The molecular formula is C14H12Cl2N2O. The van der Waals surface area contributed by atoms with Gasteiger partial charge in [-0.1, -0.05) is 29.3 Å². The number of hydrogen-bond acceptors (Lipinski definition) is 2. The molecule has 1 aromatic heterocycles. The summed E-state index contributed by atoms with van der Waals surface area (Å²) in [4.78, 5) is 16.2. The zero-order valence-corrected chi connectivity index (χ0v) is 12.0. The minimum atomic E-state index is -0.329. The van der Waals surface area contributed by atoms with Crippen molar-refractivity contribution in [1.29, 1.82) is 0 Å². The zero-order chi connectivity index (χ0) is 14.0. The average Bonchev–Trinajstić information content (AvgIpc) is 2.33. The van der Waals surface area contributed by atoms with Crippen molar-refractivity contribution >= 4 is 34.8 Å². The van der Waals surface area contributed by atoms with Crippen molar-refractivity contribution in [2.24, 2.45) is 0 Å². The molecule has 19 heavy (non-hydrogen) atoms. The second-order valence-corrected chi connectivity index (χ2v) is 5.06. The molecule has 0 spiro atoms. The Kier molecular flexibility index (Phi) is 4.08. The SMILES string of the molecule is Cc1ccc(Cl)c(NC(=O)c2cnc(C)cc2Cl)c1. The molecule has 0 aliphatic carbocycles. The summed E-state index contributed by atoms with van der Waals surface area (Å²) >= 11 is 12.1. The number of aryl methyl sites for hydroxylation is 2. The zero-order valence-electron chi connectivity index (χ0n) is 10.5. The van der Waals surface area contributed by atoms with Crippen molar-refractivity contribution in [3.8, 4) is 0 Å². The third-order valence-electron chi connectivity index (χ3n) is 2.60. The van der Waals surface area contributed by atoms with E-state index in [2.05, 4.69) is 10.3 Å². The molecule has 5 heteroatoms. The highest BCUT2D eigenvalue weighted by molar-refractivity contribution is 6.35. The van der Waals surface area contributed by atoms with Crippen LogP contribution >= 0.6 is 23.2 Å². The third kappa shape index (κ3) is 3.25. The lowest BCUT2D eigenvalue weighted by Crippen LogP contribution is -2.13. The molecule has 3 nitrogen and oxygen atoms in total. The Morgan fingerprint density at radius 1 is 1.16 bits per heavy atom. The van der Waals surface area contributed by atoms with Crippen LogP contribution in [0.5, 0.6) is 0 Å². The minimum Gasteiger partial charge on any atom is -0.321 e. The van der Waals surface area contributed by atoms with E-state index in [4.69, 9.17) is 23.2 Å². The smallest absolute Gasteiger partial charge is 0.258 e. The maximum atomic E-state index is 12.1. The molecule has 1 N–H and O–H groups in total. The summed E-state index contributed by atoms with van der Waals surface area (Å²) in [6.07, 6.45) is 1.46. The molecule has 1 heterocycles. The quantitative estimate of drug-likeness (QED) is 0.899. The van der Waals surface area contributed by atoms with Crippen molar-refractivity contribution < 1.29 is 4.79 Å². The first kappa shape index (κ1) is 13.8. The molecule has 0 saturated heterocycles. The van der Waals surface area contributed by atoms with E-state index in [0.29, 0.717) is 21.3 Å². The summed E-state index contributed by atoms with van der Waals surface area (Å²) in [7, 11) is 0. The molecule has 0 atom stereocenters. The van der Waals surface area contributed by atoms with Crippen molar-refractivity contribution in [2.75, 3.05) is 5.32 Å². The fourth-order valence-corrected chi connectivity index (χ4v) is 2.08. The van der Waals surface area contributed by atoms with Gasteiger partial charge in [-0.15, -0.1) is 0 Å². The van der Waals surface area contributed by atoms with Gasteiger partial charge in [-0.2, -0.15) is 0 Å². The highest BCUT2D eigenvalue weighted by atomic mass is 35.5. The fourth-order valence-electron chi connectivity index (χ4n) is 1.62. The average molecular weight is 295 g/mol. The van der Waals surface area contributed by atoms with E-state index in [1.54, 1.807) is 18.2 Å². The molecule has 2 rings (SSSR count). The van der Waals surface area contributed by atoms with Gasteiger partial charge < -0.3 is 5.32 Å². The molecule has 0 radical (unpaired) electrons. The van der Waals surface area contributed by atoms with Crippen LogP contribution in [0.25, 0.3) is 0 Å². The van der Waals surface area contributed by atoms with Gasteiger partial charge in [0.2, 0.25) is 0 Å². The van der Waals surface area contributed by atoms with E-state index in [-0.39, 0.29) is 5.91 Å². The van der Waals surface area contributed by atoms with Gasteiger partial charge in [-0.3, -0.25) is 9.78 Å². The van der Waals surface area contributed by atoms with Gasteiger partial charge in [0.25, 0.3) is 5.91 Å². The second-order valence-electron chi connectivity index (χ2n) is 4.24. The summed E-state index contributed by atoms with van der Waals surface area (Å²) in [5.41, 5.74) is 2.65. The number of hydrogen-bond donors (Lipinski definition) is 1. The van der Waals surface area contributed by atoms with E-state index in [0.717, 1.165) is 11.3 Å². The van der Waals surface area contributed by atoms with Crippen LogP contribution in [-0.4, -0.2) is 10.9 Å². The third-order valence-corrected chi connectivity index (χ3v) is 3.25. The number of carbonyl (C=O) groups excluding carboxylic acids is 1. The highest BCUT2D eigenvalue weighted by Crippen LogP contribution is 2.24. The van der Waals surface area contributed by atoms with Gasteiger partial charge in [0.05, 0.1) is 21.3 Å². The van der Waals surface area contributed by atoms with Gasteiger partial charge in [-0.25, -0.2) is 0 Å². The van der Waals surface area contributed by atoms with Gasteiger partial charge in [0.1, 0.15) is 0 Å². The maximum Gasteiger partial charge on any atom is 0.258 e. The molecule has 0 bridgehead atoms. The van der Waals surface area contributed by atoms with Crippen LogP contribution in [0, 0.1) is 13.8 Å². The lowest BCUT2D eigenvalue weighted by atomic mass is 10.2. The molecule has 1 amide bonds. The Morgan fingerprint density at radius 2 is 1.89 bits per heavy atom. The monoisotopic (exact) mass is 294 g/mol. The first-order valence-electron chi connectivity index (χ1n) is 5.67.